The molecule has 136 valence electrons. The van der Waals surface area contributed by atoms with Crippen molar-refractivity contribution in [2.24, 2.45) is 5.10 Å². The van der Waals surface area contributed by atoms with Crippen LogP contribution in [0.15, 0.2) is 65.8 Å². The Hall–Kier alpha value is -2.50. The van der Waals surface area contributed by atoms with Crippen molar-refractivity contribution < 1.29 is 9.53 Å². The average molecular weight is 351 g/mol. The van der Waals surface area contributed by atoms with Crippen LogP contribution in [0.3, 0.4) is 0 Å². The van der Waals surface area contributed by atoms with Crippen molar-refractivity contribution in [2.75, 3.05) is 26.3 Å². The Morgan fingerprint density at radius 3 is 2.35 bits per heavy atom. The van der Waals surface area contributed by atoms with Crippen LogP contribution in [0.25, 0.3) is 0 Å². The fourth-order valence-electron chi connectivity index (χ4n) is 3.22. The van der Waals surface area contributed by atoms with Crippen LogP contribution in [0.5, 0.6) is 0 Å². The fourth-order valence-corrected chi connectivity index (χ4v) is 3.22. The zero-order chi connectivity index (χ0) is 18.2. The molecule has 1 amide bonds. The minimum atomic E-state index is -0.107. The number of morpholine rings is 1. The molecule has 0 bridgehead atoms. The summed E-state index contributed by atoms with van der Waals surface area (Å²) < 4.78 is 5.48. The van der Waals surface area contributed by atoms with Gasteiger partial charge in [-0.15, -0.1) is 0 Å². The van der Waals surface area contributed by atoms with Crippen molar-refractivity contribution in [3.63, 3.8) is 0 Å². The molecular weight excluding hydrogens is 326 g/mol. The largest absolute Gasteiger partial charge is 0.379 e. The molecular formula is C21H25N3O2. The van der Waals surface area contributed by atoms with Crippen molar-refractivity contribution in [3.05, 3.63) is 71.8 Å². The maximum Gasteiger partial charge on any atom is 0.244 e. The second-order valence-corrected chi connectivity index (χ2v) is 6.41. The number of carbonyl (C=O) groups is 1. The summed E-state index contributed by atoms with van der Waals surface area (Å²) in [6.07, 6.45) is 0.325. The predicted molar refractivity (Wildman–Crippen MR) is 103 cm³/mol. The third-order valence-electron chi connectivity index (χ3n) is 4.49. The van der Waals surface area contributed by atoms with Gasteiger partial charge in [0.1, 0.15) is 0 Å². The Bertz CT molecular complexity index is 725. The minimum Gasteiger partial charge on any atom is -0.379 e. The number of hydrogen-bond acceptors (Lipinski definition) is 4. The molecule has 1 atom stereocenters. The van der Waals surface area contributed by atoms with Crippen LogP contribution < -0.4 is 5.43 Å². The van der Waals surface area contributed by atoms with Crippen LogP contribution in [-0.4, -0.2) is 42.8 Å². The third-order valence-corrected chi connectivity index (χ3v) is 4.49. The van der Waals surface area contributed by atoms with Gasteiger partial charge in [0.2, 0.25) is 5.91 Å². The van der Waals surface area contributed by atoms with Gasteiger partial charge in [-0.25, -0.2) is 5.43 Å². The summed E-state index contributed by atoms with van der Waals surface area (Å²) in [4.78, 5) is 14.5. The number of nitrogens with one attached hydrogen (secondary N) is 1. The van der Waals surface area contributed by atoms with E-state index < -0.39 is 0 Å². The number of nitrogens with zero attached hydrogens (tertiary/aromatic N) is 2. The highest BCUT2D eigenvalue weighted by molar-refractivity contribution is 5.90. The lowest BCUT2D eigenvalue weighted by atomic mass is 10.0. The normalized spacial score (nSPS) is 16.9. The topological polar surface area (TPSA) is 53.9 Å². The van der Waals surface area contributed by atoms with E-state index in [1.54, 1.807) is 0 Å². The lowest BCUT2D eigenvalue weighted by Crippen LogP contribution is -2.42. The number of amides is 1. The Balaban J connectivity index is 1.70. The Morgan fingerprint density at radius 2 is 1.69 bits per heavy atom. The van der Waals surface area contributed by atoms with Crippen LogP contribution in [-0.2, 0) is 16.0 Å². The van der Waals surface area contributed by atoms with E-state index in [2.05, 4.69) is 27.6 Å². The molecule has 0 saturated carbocycles. The molecule has 5 heteroatoms. The fraction of sp³-hybridized carbons (Fsp3) is 0.333. The molecule has 0 spiro atoms. The van der Waals surface area contributed by atoms with Gasteiger partial charge in [-0.05, 0) is 18.1 Å². The van der Waals surface area contributed by atoms with E-state index >= 15 is 0 Å². The van der Waals surface area contributed by atoms with E-state index in [0.29, 0.717) is 6.42 Å². The SMILES string of the molecule is C/C(=N/NC(=O)Cc1ccccc1)[C@H](c1ccccc1)N1CCOCC1. The standard InChI is InChI=1S/C21H25N3O2/c1-17(22-23-20(25)16-18-8-4-2-5-9-18)21(19-10-6-3-7-11-19)24-12-14-26-15-13-24/h2-11,21H,12-16H2,1H3,(H,23,25)/b22-17-/t21-/m1/s1. The summed E-state index contributed by atoms with van der Waals surface area (Å²) in [5.74, 6) is -0.107. The number of benzene rings is 2. The summed E-state index contributed by atoms with van der Waals surface area (Å²) in [6.45, 7) is 5.11. The molecule has 0 aromatic heterocycles. The monoisotopic (exact) mass is 351 g/mol. The highest BCUT2D eigenvalue weighted by Crippen LogP contribution is 2.23. The number of hydrogen-bond donors (Lipinski definition) is 1. The van der Waals surface area contributed by atoms with E-state index in [0.717, 1.165) is 37.6 Å². The van der Waals surface area contributed by atoms with Gasteiger partial charge in [-0.2, -0.15) is 5.10 Å². The third kappa shape index (κ3) is 5.00. The van der Waals surface area contributed by atoms with Crippen molar-refractivity contribution in [1.29, 1.82) is 0 Å². The van der Waals surface area contributed by atoms with Crippen molar-refractivity contribution >= 4 is 11.6 Å². The summed E-state index contributed by atoms with van der Waals surface area (Å²) in [5, 5.41) is 4.41. The predicted octanol–water partition coefficient (Wildman–Crippen LogP) is 2.79. The number of hydrazone groups is 1. The van der Waals surface area contributed by atoms with Gasteiger partial charge < -0.3 is 4.74 Å². The lowest BCUT2D eigenvalue weighted by Gasteiger charge is -2.34. The summed E-state index contributed by atoms with van der Waals surface area (Å²) in [7, 11) is 0. The van der Waals surface area contributed by atoms with E-state index in [1.807, 2.05) is 55.5 Å². The van der Waals surface area contributed by atoms with Gasteiger partial charge in [0.15, 0.2) is 0 Å². The molecule has 3 rings (SSSR count). The van der Waals surface area contributed by atoms with Gasteiger partial charge in [-0.1, -0.05) is 60.7 Å². The summed E-state index contributed by atoms with van der Waals surface area (Å²) >= 11 is 0. The van der Waals surface area contributed by atoms with E-state index in [4.69, 9.17) is 4.74 Å². The van der Waals surface area contributed by atoms with Crippen molar-refractivity contribution in [3.8, 4) is 0 Å². The molecule has 1 aliphatic rings. The number of ether oxygens (including phenoxy) is 1. The summed E-state index contributed by atoms with van der Waals surface area (Å²) in [6, 6.07) is 20.0. The van der Waals surface area contributed by atoms with Gasteiger partial charge in [0.25, 0.3) is 0 Å². The van der Waals surface area contributed by atoms with E-state index in [9.17, 15) is 4.79 Å². The second kappa shape index (κ2) is 9.27. The molecule has 1 aliphatic heterocycles. The average Bonchev–Trinajstić information content (AvgIpc) is 2.69. The molecule has 1 heterocycles. The van der Waals surface area contributed by atoms with Crippen molar-refractivity contribution in [2.45, 2.75) is 19.4 Å². The second-order valence-electron chi connectivity index (χ2n) is 6.41. The first-order chi connectivity index (χ1) is 12.7. The van der Waals surface area contributed by atoms with Gasteiger partial charge >= 0.3 is 0 Å². The van der Waals surface area contributed by atoms with Crippen LogP contribution in [0.4, 0.5) is 0 Å². The van der Waals surface area contributed by atoms with Crippen molar-refractivity contribution in [1.82, 2.24) is 10.3 Å². The van der Waals surface area contributed by atoms with Crippen LogP contribution in [0, 0.1) is 0 Å². The minimum absolute atomic E-state index is 0.0390. The van der Waals surface area contributed by atoms with E-state index in [1.165, 1.54) is 5.56 Å². The maximum atomic E-state index is 12.2. The molecule has 26 heavy (non-hydrogen) atoms. The molecule has 0 aliphatic carbocycles. The van der Waals surface area contributed by atoms with Crippen LogP contribution in [0.2, 0.25) is 0 Å². The first-order valence-electron chi connectivity index (χ1n) is 8.98. The molecule has 2 aromatic carbocycles. The maximum absolute atomic E-state index is 12.2. The van der Waals surface area contributed by atoms with Gasteiger partial charge in [0.05, 0.1) is 31.4 Å². The molecule has 5 nitrogen and oxygen atoms in total. The molecule has 1 N–H and O–H groups in total. The molecule has 2 aromatic rings. The molecule has 0 radical (unpaired) electrons. The smallest absolute Gasteiger partial charge is 0.244 e. The highest BCUT2D eigenvalue weighted by Gasteiger charge is 2.25. The zero-order valence-corrected chi connectivity index (χ0v) is 15.1. The number of carbonyl (C=O) groups excluding carboxylic acids is 1. The lowest BCUT2D eigenvalue weighted by molar-refractivity contribution is -0.120. The Labute approximate surface area is 154 Å². The zero-order valence-electron chi connectivity index (χ0n) is 15.1. The van der Waals surface area contributed by atoms with E-state index in [-0.39, 0.29) is 11.9 Å². The van der Waals surface area contributed by atoms with Gasteiger partial charge in [-0.3, -0.25) is 9.69 Å². The summed E-state index contributed by atoms with van der Waals surface area (Å²) in [5.41, 5.74) is 5.74. The van der Waals surface area contributed by atoms with Gasteiger partial charge in [0, 0.05) is 13.1 Å². The Kier molecular flexibility index (Phi) is 6.52. The quantitative estimate of drug-likeness (QED) is 0.643. The highest BCUT2D eigenvalue weighted by atomic mass is 16.5. The first kappa shape index (κ1) is 18.3. The van der Waals surface area contributed by atoms with Crippen LogP contribution >= 0.6 is 0 Å². The first-order valence-corrected chi connectivity index (χ1v) is 8.98. The Morgan fingerprint density at radius 1 is 1.08 bits per heavy atom. The number of rotatable bonds is 6. The van der Waals surface area contributed by atoms with Crippen LogP contribution in [0.1, 0.15) is 24.1 Å². The molecule has 0 unspecified atom stereocenters. The molecule has 1 saturated heterocycles. The molecule has 1 fully saturated rings.